The average molecular weight is 227 g/mol. The highest BCUT2D eigenvalue weighted by atomic mass is 32.2. The Kier molecular flexibility index (Phi) is 7.26. The second kappa shape index (κ2) is 7.60. The molecule has 2 N–H and O–H groups in total. The zero-order chi connectivity index (χ0) is 11.8. The van der Waals surface area contributed by atoms with Crippen LogP contribution in [0, 0.1) is 0 Å². The van der Waals surface area contributed by atoms with Gasteiger partial charge in [-0.15, -0.1) is 0 Å². The molecular formula is C12H21NOS. The van der Waals surface area contributed by atoms with Crippen LogP contribution >= 0.6 is 0 Å². The highest BCUT2D eigenvalue weighted by Crippen LogP contribution is 2.23. The van der Waals surface area contributed by atoms with E-state index in [1.165, 1.54) is 0 Å². The number of allylic oxidation sites excluding steroid dienone is 2. The smallest absolute Gasteiger partial charge is 0.0551 e. The fraction of sp³-hybridized carbons (Fsp3) is 0.500. The molecular weight excluding hydrogens is 206 g/mol. The third kappa shape index (κ3) is 3.76. The fourth-order valence-electron chi connectivity index (χ4n) is 1.32. The lowest BCUT2D eigenvalue weighted by molar-refractivity contribution is 0.687. The van der Waals surface area contributed by atoms with Crippen LogP contribution in [0.2, 0.25) is 0 Å². The zero-order valence-corrected chi connectivity index (χ0v) is 10.6. The minimum absolute atomic E-state index is 0.0865. The first-order valence-electron chi connectivity index (χ1n) is 5.37. The second-order valence-corrected chi connectivity index (χ2v) is 4.42. The van der Waals surface area contributed by atoms with Gasteiger partial charge in [0.25, 0.3) is 0 Å². The van der Waals surface area contributed by atoms with E-state index in [4.69, 9.17) is 5.73 Å². The molecule has 1 aliphatic rings. The number of rotatable bonds is 3. The molecule has 0 saturated carbocycles. The summed E-state index contributed by atoms with van der Waals surface area (Å²) in [6.45, 7) is 9.70. The quantitative estimate of drug-likeness (QED) is 0.805. The van der Waals surface area contributed by atoms with Gasteiger partial charge < -0.3 is 5.73 Å². The number of hydrogen-bond acceptors (Lipinski definition) is 2. The van der Waals surface area contributed by atoms with Gasteiger partial charge in [0.05, 0.1) is 10.8 Å². The Bertz CT molecular complexity index is 292. The van der Waals surface area contributed by atoms with E-state index in [2.05, 4.69) is 13.5 Å². The minimum atomic E-state index is -0.939. The Morgan fingerprint density at radius 1 is 1.60 bits per heavy atom. The van der Waals surface area contributed by atoms with E-state index in [0.29, 0.717) is 5.75 Å². The highest BCUT2D eigenvalue weighted by molar-refractivity contribution is 7.89. The molecule has 1 rings (SSSR count). The lowest BCUT2D eigenvalue weighted by Gasteiger charge is -2.01. The summed E-state index contributed by atoms with van der Waals surface area (Å²) in [5, 5.41) is 0. The molecule has 0 aromatic rings. The summed E-state index contributed by atoms with van der Waals surface area (Å²) in [6.07, 6.45) is 6.61. The van der Waals surface area contributed by atoms with E-state index in [1.54, 1.807) is 6.08 Å². The number of nitrogens with two attached hydrogens (primary N) is 1. The summed E-state index contributed by atoms with van der Waals surface area (Å²) in [5.74, 6) is 0.532. The molecule has 15 heavy (non-hydrogen) atoms. The molecule has 0 spiro atoms. The predicted octanol–water partition coefficient (Wildman–Crippen LogP) is 2.51. The van der Waals surface area contributed by atoms with Crippen molar-refractivity contribution in [1.29, 1.82) is 0 Å². The highest BCUT2D eigenvalue weighted by Gasteiger charge is 2.24. The minimum Gasteiger partial charge on any atom is -0.323 e. The molecule has 2 unspecified atom stereocenters. The Morgan fingerprint density at radius 3 is 2.67 bits per heavy atom. The van der Waals surface area contributed by atoms with Gasteiger partial charge in [-0.05, 0) is 12.0 Å². The summed E-state index contributed by atoms with van der Waals surface area (Å²) < 4.78 is 11.5. The first-order chi connectivity index (χ1) is 7.20. The van der Waals surface area contributed by atoms with Crippen molar-refractivity contribution in [3.8, 4) is 0 Å². The summed E-state index contributed by atoms with van der Waals surface area (Å²) in [4.78, 5) is 0.803. The van der Waals surface area contributed by atoms with Crippen molar-refractivity contribution in [2.45, 2.75) is 33.2 Å². The fourth-order valence-corrected chi connectivity index (χ4v) is 2.67. The molecule has 2 atom stereocenters. The summed E-state index contributed by atoms with van der Waals surface area (Å²) in [7, 11) is -0.939. The maximum absolute atomic E-state index is 11.5. The van der Waals surface area contributed by atoms with Crippen molar-refractivity contribution in [1.82, 2.24) is 0 Å². The molecule has 0 aliphatic carbocycles. The lowest BCUT2D eigenvalue weighted by atomic mass is 10.1. The zero-order valence-electron chi connectivity index (χ0n) is 9.82. The van der Waals surface area contributed by atoms with Gasteiger partial charge in [-0.1, -0.05) is 45.6 Å². The molecule has 3 heteroatoms. The van der Waals surface area contributed by atoms with Crippen LogP contribution in [0.5, 0.6) is 0 Å². The van der Waals surface area contributed by atoms with Crippen LogP contribution in [0.25, 0.3) is 0 Å². The normalized spacial score (nSPS) is 25.3. The van der Waals surface area contributed by atoms with Crippen LogP contribution in [0.4, 0.5) is 0 Å². The van der Waals surface area contributed by atoms with Crippen molar-refractivity contribution in [2.75, 3.05) is 5.75 Å². The Balaban J connectivity index is 0.000000921. The second-order valence-electron chi connectivity index (χ2n) is 2.95. The topological polar surface area (TPSA) is 43.1 Å². The van der Waals surface area contributed by atoms with Gasteiger partial charge in [-0.3, -0.25) is 4.21 Å². The maximum Gasteiger partial charge on any atom is 0.0551 e. The van der Waals surface area contributed by atoms with Crippen LogP contribution in [0.3, 0.4) is 0 Å². The van der Waals surface area contributed by atoms with Crippen LogP contribution in [-0.4, -0.2) is 16.0 Å². The third-order valence-corrected chi connectivity index (χ3v) is 3.53. The van der Waals surface area contributed by atoms with Crippen molar-refractivity contribution >= 4 is 10.8 Å². The van der Waals surface area contributed by atoms with E-state index >= 15 is 0 Å². The van der Waals surface area contributed by atoms with Gasteiger partial charge in [0.15, 0.2) is 0 Å². The van der Waals surface area contributed by atoms with Gasteiger partial charge in [0.1, 0.15) is 0 Å². The van der Waals surface area contributed by atoms with E-state index in [0.717, 1.165) is 16.9 Å². The van der Waals surface area contributed by atoms with Crippen LogP contribution in [0.15, 0.2) is 35.3 Å². The van der Waals surface area contributed by atoms with Gasteiger partial charge in [0, 0.05) is 16.7 Å². The predicted molar refractivity (Wildman–Crippen MR) is 69.0 cm³/mol. The van der Waals surface area contributed by atoms with Crippen LogP contribution in [0.1, 0.15) is 27.2 Å². The average Bonchev–Trinajstić information content (AvgIpc) is 2.52. The molecule has 0 bridgehead atoms. The van der Waals surface area contributed by atoms with Gasteiger partial charge in [-0.25, -0.2) is 0 Å². The molecule has 1 aliphatic heterocycles. The van der Waals surface area contributed by atoms with Gasteiger partial charge in [-0.2, -0.15) is 0 Å². The Morgan fingerprint density at radius 2 is 2.20 bits per heavy atom. The summed E-state index contributed by atoms with van der Waals surface area (Å²) >= 11 is 0. The summed E-state index contributed by atoms with van der Waals surface area (Å²) in [5.41, 5.74) is 6.81. The molecule has 0 radical (unpaired) electrons. The molecule has 1 heterocycles. The first kappa shape index (κ1) is 14.3. The molecule has 0 aromatic heterocycles. The first-order valence-corrected chi connectivity index (χ1v) is 6.69. The maximum atomic E-state index is 11.5. The van der Waals surface area contributed by atoms with Crippen LogP contribution < -0.4 is 5.73 Å². The van der Waals surface area contributed by atoms with E-state index in [1.807, 2.05) is 26.0 Å². The van der Waals surface area contributed by atoms with Crippen molar-refractivity contribution in [3.63, 3.8) is 0 Å². The van der Waals surface area contributed by atoms with Gasteiger partial charge in [0.2, 0.25) is 0 Å². The van der Waals surface area contributed by atoms with Crippen molar-refractivity contribution in [2.24, 2.45) is 5.73 Å². The summed E-state index contributed by atoms with van der Waals surface area (Å²) in [6, 6.07) is -0.0865. The molecule has 0 fully saturated rings. The molecule has 86 valence electrons. The molecule has 0 saturated heterocycles. The number of hydrogen-bond donors (Lipinski definition) is 1. The largest absolute Gasteiger partial charge is 0.323 e. The van der Waals surface area contributed by atoms with E-state index in [9.17, 15) is 4.21 Å². The van der Waals surface area contributed by atoms with E-state index < -0.39 is 10.8 Å². The molecule has 0 amide bonds. The molecule has 2 nitrogen and oxygen atoms in total. The SMILES string of the molecule is C=CC1=C(/C=C\CC)C(N)CS1=O.CC. The monoisotopic (exact) mass is 227 g/mol. The van der Waals surface area contributed by atoms with Crippen LogP contribution in [-0.2, 0) is 10.8 Å². The third-order valence-electron chi connectivity index (χ3n) is 1.98. The van der Waals surface area contributed by atoms with Gasteiger partial charge >= 0.3 is 0 Å². The van der Waals surface area contributed by atoms with Crippen molar-refractivity contribution < 1.29 is 4.21 Å². The lowest BCUT2D eigenvalue weighted by Crippen LogP contribution is -2.22. The Labute approximate surface area is 95.4 Å². The molecule has 0 aromatic carbocycles. The standard InChI is InChI=1S/C10H15NOS.C2H6/c1-3-5-6-8-9(11)7-13(12)10(8)4-2;1-2/h4-6,9H,2-3,7,11H2,1H3;1-2H3/b6-5-;. The van der Waals surface area contributed by atoms with Crippen molar-refractivity contribution in [3.05, 3.63) is 35.3 Å². The van der Waals surface area contributed by atoms with E-state index in [-0.39, 0.29) is 6.04 Å². The Hall–Kier alpha value is -0.670.